The highest BCUT2D eigenvalue weighted by Crippen LogP contribution is 2.63. The molecule has 8 heteroatoms. The molecular formula is C41H35NO6S. The lowest BCUT2D eigenvalue weighted by atomic mass is 9.44. The lowest BCUT2D eigenvalue weighted by Gasteiger charge is -2.55. The van der Waals surface area contributed by atoms with Crippen LogP contribution >= 0.6 is 11.3 Å². The van der Waals surface area contributed by atoms with Crippen molar-refractivity contribution < 1.29 is 29.0 Å². The smallest absolute Gasteiger partial charge is 0.234 e. The van der Waals surface area contributed by atoms with Gasteiger partial charge < -0.3 is 9.84 Å². The highest BCUT2D eigenvalue weighted by molar-refractivity contribution is 7.09. The average molecular weight is 670 g/mol. The maximum Gasteiger partial charge on any atom is 0.234 e. The number of aliphatic hydroxyl groups excluding tert-OH is 1. The van der Waals surface area contributed by atoms with E-state index >= 15 is 4.79 Å². The number of carbonyl (C=O) groups is 4. The standard InChI is InChI=1S/C41H35NO6S/c43-19-20-48-28-15-13-26(14-16-28)37-30-17-18-31-36(40(47)42(39(31)46)24-29-12-7-21-49-29)33(30)22-34-38(45)32(25-8-3-1-4-9-25)23-35(44)41(34,37)27-10-5-2-6-11-27/h1-17,21,23,31,33-34,36-37,43H,18-20,22,24H2/t31-,33+,34-,36-,37-,41-/m0/s1. The van der Waals surface area contributed by atoms with E-state index in [2.05, 4.69) is 6.08 Å². The summed E-state index contributed by atoms with van der Waals surface area (Å²) in [5.41, 5.74) is 2.29. The van der Waals surface area contributed by atoms with Crippen molar-refractivity contribution in [2.45, 2.75) is 30.7 Å². The average Bonchev–Trinajstić information content (AvgIpc) is 3.75. The van der Waals surface area contributed by atoms with Crippen molar-refractivity contribution in [2.75, 3.05) is 13.2 Å². The number of allylic oxidation sites excluding steroid dienone is 4. The van der Waals surface area contributed by atoms with Crippen LogP contribution in [0.2, 0.25) is 0 Å². The normalized spacial score (nSPS) is 27.6. The topological polar surface area (TPSA) is 101 Å². The third-order valence-corrected chi connectivity index (χ3v) is 11.8. The molecule has 3 aliphatic carbocycles. The molecule has 0 bridgehead atoms. The van der Waals surface area contributed by atoms with Gasteiger partial charge in [0.25, 0.3) is 0 Å². The number of carbonyl (C=O) groups excluding carboxylic acids is 4. The van der Waals surface area contributed by atoms with Crippen LogP contribution in [0.5, 0.6) is 5.75 Å². The zero-order chi connectivity index (χ0) is 33.7. The minimum absolute atomic E-state index is 0.122. The maximum atomic E-state index is 15.1. The van der Waals surface area contributed by atoms with Gasteiger partial charge in [0.15, 0.2) is 11.6 Å². The van der Waals surface area contributed by atoms with E-state index in [0.29, 0.717) is 23.3 Å². The fraction of sp³-hybridized carbons (Fsp3) is 0.268. The fourth-order valence-corrected chi connectivity index (χ4v) is 9.64. The van der Waals surface area contributed by atoms with Crippen LogP contribution < -0.4 is 4.74 Å². The maximum absolute atomic E-state index is 15.1. The Labute approximate surface area is 288 Å². The minimum atomic E-state index is -1.28. The van der Waals surface area contributed by atoms with E-state index in [0.717, 1.165) is 21.6 Å². The van der Waals surface area contributed by atoms with Gasteiger partial charge in [0.05, 0.1) is 30.4 Å². The van der Waals surface area contributed by atoms with Crippen LogP contribution in [0.4, 0.5) is 0 Å². The minimum Gasteiger partial charge on any atom is -0.491 e. The molecule has 2 heterocycles. The molecule has 0 spiro atoms. The number of amides is 2. The number of thiophene rings is 1. The van der Waals surface area contributed by atoms with E-state index in [4.69, 9.17) is 4.74 Å². The van der Waals surface area contributed by atoms with E-state index in [1.54, 1.807) is 0 Å². The van der Waals surface area contributed by atoms with Crippen molar-refractivity contribution in [3.05, 3.63) is 142 Å². The van der Waals surface area contributed by atoms with Crippen LogP contribution in [0.25, 0.3) is 5.57 Å². The molecule has 2 amide bonds. The van der Waals surface area contributed by atoms with Crippen molar-refractivity contribution in [3.63, 3.8) is 0 Å². The molecule has 49 heavy (non-hydrogen) atoms. The van der Waals surface area contributed by atoms with Gasteiger partial charge in [-0.3, -0.25) is 24.1 Å². The van der Waals surface area contributed by atoms with Crippen molar-refractivity contribution in [3.8, 4) is 5.75 Å². The van der Waals surface area contributed by atoms with E-state index < -0.39 is 35.0 Å². The number of ether oxygens (including phenoxy) is 1. The quantitative estimate of drug-likeness (QED) is 0.179. The van der Waals surface area contributed by atoms with Gasteiger partial charge in [-0.05, 0) is 65.1 Å². The number of rotatable bonds is 8. The second-order valence-corrected chi connectivity index (χ2v) is 14.3. The van der Waals surface area contributed by atoms with Gasteiger partial charge in [-0.2, -0.15) is 0 Å². The summed E-state index contributed by atoms with van der Waals surface area (Å²) in [6, 6.07) is 30.2. The molecule has 0 radical (unpaired) electrons. The van der Waals surface area contributed by atoms with E-state index in [1.807, 2.05) is 102 Å². The highest BCUT2D eigenvalue weighted by atomic mass is 32.1. The monoisotopic (exact) mass is 669 g/mol. The van der Waals surface area contributed by atoms with Crippen molar-refractivity contribution in [1.82, 2.24) is 4.90 Å². The van der Waals surface area contributed by atoms with Gasteiger partial charge in [0, 0.05) is 22.3 Å². The first kappa shape index (κ1) is 31.4. The third-order valence-electron chi connectivity index (χ3n) is 10.9. The number of ketones is 2. The van der Waals surface area contributed by atoms with Gasteiger partial charge in [0.2, 0.25) is 11.8 Å². The Bertz CT molecular complexity index is 1980. The van der Waals surface area contributed by atoms with Crippen LogP contribution in [0.3, 0.4) is 0 Å². The number of nitrogens with zero attached hydrogens (tertiary/aromatic N) is 1. The summed E-state index contributed by atoms with van der Waals surface area (Å²) in [6.07, 6.45) is 4.28. The fourth-order valence-electron chi connectivity index (χ4n) is 8.95. The lowest BCUT2D eigenvalue weighted by molar-refractivity contribution is -0.141. The van der Waals surface area contributed by atoms with Crippen LogP contribution in [0, 0.1) is 23.7 Å². The van der Waals surface area contributed by atoms with Crippen LogP contribution in [0.1, 0.15) is 40.3 Å². The van der Waals surface area contributed by atoms with Crippen LogP contribution in [-0.4, -0.2) is 46.6 Å². The Morgan fingerprint density at radius 1 is 0.837 bits per heavy atom. The summed E-state index contributed by atoms with van der Waals surface area (Å²) in [7, 11) is 0. The van der Waals surface area contributed by atoms with Crippen LogP contribution in [-0.2, 0) is 31.1 Å². The molecule has 0 unspecified atom stereocenters. The molecule has 4 aromatic rings. The van der Waals surface area contributed by atoms with E-state index in [-0.39, 0.29) is 49.6 Å². The highest BCUT2D eigenvalue weighted by Gasteiger charge is 2.65. The lowest BCUT2D eigenvalue weighted by Crippen LogP contribution is -2.58. The first-order valence-corrected chi connectivity index (χ1v) is 17.6. The summed E-state index contributed by atoms with van der Waals surface area (Å²) in [4.78, 5) is 60.6. The molecule has 4 aliphatic rings. The van der Waals surface area contributed by atoms with Crippen molar-refractivity contribution >= 4 is 40.3 Å². The number of benzene rings is 3. The Hall–Kier alpha value is -4.92. The number of imide groups is 1. The molecule has 1 aromatic heterocycles. The number of Topliss-reactive ketones (excluding diaryl/α,β-unsaturated/α-hetero) is 1. The predicted octanol–water partition coefficient (Wildman–Crippen LogP) is 6.14. The second-order valence-electron chi connectivity index (χ2n) is 13.3. The van der Waals surface area contributed by atoms with Crippen molar-refractivity contribution in [1.29, 1.82) is 0 Å². The van der Waals surface area contributed by atoms with E-state index in [1.165, 1.54) is 22.3 Å². The molecule has 6 atom stereocenters. The summed E-state index contributed by atoms with van der Waals surface area (Å²) in [6.45, 7) is 0.259. The van der Waals surface area contributed by atoms with Crippen molar-refractivity contribution in [2.24, 2.45) is 23.7 Å². The molecule has 1 N–H and O–H groups in total. The Morgan fingerprint density at radius 2 is 1.57 bits per heavy atom. The number of aliphatic hydroxyl groups is 1. The zero-order valence-electron chi connectivity index (χ0n) is 26.7. The summed E-state index contributed by atoms with van der Waals surface area (Å²) < 4.78 is 5.68. The largest absolute Gasteiger partial charge is 0.491 e. The third kappa shape index (κ3) is 4.96. The molecule has 2 fully saturated rings. The Kier molecular flexibility index (Phi) is 8.01. The Balaban J connectivity index is 1.32. The molecular weight excluding hydrogens is 635 g/mol. The summed E-state index contributed by atoms with van der Waals surface area (Å²) in [5.74, 6) is -2.98. The van der Waals surface area contributed by atoms with Gasteiger partial charge in [-0.25, -0.2) is 0 Å². The summed E-state index contributed by atoms with van der Waals surface area (Å²) in [5, 5.41) is 11.2. The second kappa shape index (κ2) is 12.5. The predicted molar refractivity (Wildman–Crippen MR) is 185 cm³/mol. The molecule has 1 saturated carbocycles. The molecule has 1 saturated heterocycles. The molecule has 1 aliphatic heterocycles. The molecule has 3 aromatic carbocycles. The Morgan fingerprint density at radius 3 is 2.27 bits per heavy atom. The number of hydrogen-bond donors (Lipinski definition) is 1. The first-order valence-electron chi connectivity index (χ1n) is 16.8. The number of likely N-dealkylation sites (tertiary alicyclic amines) is 1. The molecule has 246 valence electrons. The number of fused-ring (bicyclic) bond motifs is 4. The number of hydrogen-bond acceptors (Lipinski definition) is 7. The zero-order valence-corrected chi connectivity index (χ0v) is 27.6. The first-order chi connectivity index (χ1) is 23.9. The molecule has 8 rings (SSSR count). The van der Waals surface area contributed by atoms with Crippen LogP contribution in [0.15, 0.2) is 120 Å². The van der Waals surface area contributed by atoms with Gasteiger partial charge in [-0.1, -0.05) is 90.5 Å². The SMILES string of the molecule is O=C1C(c2ccccc2)=CC(=O)[C@@]2(c3ccccc3)[C@@H](c3ccc(OCCO)cc3)C3=CC[C@@H]4C(=O)N(Cc5cccs5)C(=O)[C@@H]4[C@@H]3C[C@@H]12. The molecule has 7 nitrogen and oxygen atoms in total. The summed E-state index contributed by atoms with van der Waals surface area (Å²) >= 11 is 1.51. The van der Waals surface area contributed by atoms with E-state index in [9.17, 15) is 19.5 Å². The van der Waals surface area contributed by atoms with Gasteiger partial charge in [-0.15, -0.1) is 11.3 Å². The van der Waals surface area contributed by atoms with Gasteiger partial charge >= 0.3 is 0 Å². The van der Waals surface area contributed by atoms with Gasteiger partial charge in [0.1, 0.15) is 12.4 Å².